The van der Waals surface area contributed by atoms with E-state index in [4.69, 9.17) is 4.74 Å². The number of para-hydroxylation sites is 1. The van der Waals surface area contributed by atoms with Crippen LogP contribution in [0.5, 0.6) is 5.75 Å². The molecule has 3 aromatic heterocycles. The maximum atomic E-state index is 5.41. The van der Waals surface area contributed by atoms with Gasteiger partial charge in [0.1, 0.15) is 5.75 Å². The van der Waals surface area contributed by atoms with Crippen molar-refractivity contribution < 1.29 is 4.74 Å². The molecule has 0 radical (unpaired) electrons. The van der Waals surface area contributed by atoms with Gasteiger partial charge in [-0.2, -0.15) is 0 Å². The summed E-state index contributed by atoms with van der Waals surface area (Å²) in [6.07, 6.45) is 9.02. The second-order valence-electron chi connectivity index (χ2n) is 5.36. The number of benzene rings is 1. The Bertz CT molecular complexity index is 1090. The zero-order valence-electron chi connectivity index (χ0n) is 13.5. The van der Waals surface area contributed by atoms with Gasteiger partial charge < -0.3 is 4.74 Å². The van der Waals surface area contributed by atoms with Crippen LogP contribution < -0.4 is 4.74 Å². The van der Waals surface area contributed by atoms with Crippen molar-refractivity contribution in [2.75, 3.05) is 7.11 Å². The molecular formula is C20H14N4O. The van der Waals surface area contributed by atoms with E-state index in [1.165, 1.54) is 0 Å². The summed E-state index contributed by atoms with van der Waals surface area (Å²) in [7, 11) is 1.65. The number of imidazole rings is 1. The summed E-state index contributed by atoms with van der Waals surface area (Å²) < 4.78 is 7.28. The van der Waals surface area contributed by atoms with Crippen LogP contribution in [0.4, 0.5) is 0 Å². The first kappa shape index (κ1) is 14.9. The van der Waals surface area contributed by atoms with Crippen molar-refractivity contribution in [2.45, 2.75) is 0 Å². The lowest BCUT2D eigenvalue weighted by Crippen LogP contribution is -1.89. The molecule has 0 bridgehead atoms. The highest BCUT2D eigenvalue weighted by atomic mass is 16.5. The van der Waals surface area contributed by atoms with Gasteiger partial charge in [-0.15, -0.1) is 0 Å². The molecule has 0 atom stereocenters. The van der Waals surface area contributed by atoms with Gasteiger partial charge in [-0.25, -0.2) is 9.97 Å². The fourth-order valence-corrected chi connectivity index (χ4v) is 2.51. The number of fused-ring (bicyclic) bond motifs is 1. The largest absolute Gasteiger partial charge is 0.496 e. The highest BCUT2D eigenvalue weighted by molar-refractivity contribution is 5.68. The Hall–Kier alpha value is -3.65. The molecular weight excluding hydrogens is 312 g/mol. The zero-order chi connectivity index (χ0) is 17.1. The minimum absolute atomic E-state index is 0.621. The third kappa shape index (κ3) is 3.06. The first-order valence-corrected chi connectivity index (χ1v) is 7.74. The van der Waals surface area contributed by atoms with E-state index < -0.39 is 0 Å². The molecule has 1 aromatic carbocycles. The number of methoxy groups -OCH3 is 1. The van der Waals surface area contributed by atoms with Crippen molar-refractivity contribution in [3.8, 4) is 28.8 Å². The average molecular weight is 326 g/mol. The van der Waals surface area contributed by atoms with E-state index in [0.29, 0.717) is 5.78 Å². The number of pyridine rings is 1. The Balaban J connectivity index is 1.72. The first-order chi connectivity index (χ1) is 12.3. The van der Waals surface area contributed by atoms with Crippen molar-refractivity contribution >= 4 is 5.78 Å². The summed E-state index contributed by atoms with van der Waals surface area (Å²) in [5.41, 5.74) is 3.47. The second-order valence-corrected chi connectivity index (χ2v) is 5.36. The highest BCUT2D eigenvalue weighted by Gasteiger charge is 2.10. The molecule has 0 spiro atoms. The molecule has 3 heterocycles. The van der Waals surface area contributed by atoms with Crippen molar-refractivity contribution in [3.63, 3.8) is 0 Å². The third-order valence-corrected chi connectivity index (χ3v) is 3.72. The fraction of sp³-hybridized carbons (Fsp3) is 0.0500. The molecule has 0 unspecified atom stereocenters. The molecule has 0 amide bonds. The molecule has 0 N–H and O–H groups in total. The number of rotatable bonds is 2. The summed E-state index contributed by atoms with van der Waals surface area (Å²) in [5, 5.41) is 0. The zero-order valence-corrected chi connectivity index (χ0v) is 13.5. The van der Waals surface area contributed by atoms with E-state index in [1.54, 1.807) is 25.7 Å². The number of aromatic nitrogens is 4. The Labute approximate surface area is 145 Å². The standard InChI is InChI=1S/C20H14N4O/c1-25-19-5-3-2-4-17(19)18-14-24-13-16(12-22-20(24)23-18)7-6-15-8-10-21-11-9-15/h2-5,8-14H,1H3. The lowest BCUT2D eigenvalue weighted by molar-refractivity contribution is 0.416. The van der Waals surface area contributed by atoms with E-state index in [1.807, 2.05) is 53.2 Å². The first-order valence-electron chi connectivity index (χ1n) is 7.74. The summed E-state index contributed by atoms with van der Waals surface area (Å²) >= 11 is 0. The smallest absolute Gasteiger partial charge is 0.234 e. The van der Waals surface area contributed by atoms with Crippen LogP contribution in [0, 0.1) is 11.8 Å². The molecule has 4 rings (SSSR count). The quantitative estimate of drug-likeness (QED) is 0.531. The van der Waals surface area contributed by atoms with Crippen molar-refractivity contribution in [1.82, 2.24) is 19.4 Å². The maximum absolute atomic E-state index is 5.41. The minimum atomic E-state index is 0.621. The summed E-state index contributed by atoms with van der Waals surface area (Å²) in [4.78, 5) is 12.9. The second kappa shape index (κ2) is 6.46. The van der Waals surface area contributed by atoms with Gasteiger partial charge in [-0.05, 0) is 24.3 Å². The van der Waals surface area contributed by atoms with Gasteiger partial charge >= 0.3 is 0 Å². The molecule has 0 aliphatic rings. The number of hydrogen-bond acceptors (Lipinski definition) is 4. The van der Waals surface area contributed by atoms with E-state index in [2.05, 4.69) is 26.8 Å². The molecule has 5 heteroatoms. The van der Waals surface area contributed by atoms with Crippen LogP contribution in [0.25, 0.3) is 17.0 Å². The van der Waals surface area contributed by atoms with Gasteiger partial charge in [0.25, 0.3) is 0 Å². The summed E-state index contributed by atoms with van der Waals surface area (Å²) in [5.74, 6) is 7.61. The van der Waals surface area contributed by atoms with Crippen LogP contribution in [-0.2, 0) is 0 Å². The molecule has 120 valence electrons. The van der Waals surface area contributed by atoms with Gasteiger partial charge in [-0.1, -0.05) is 24.0 Å². The van der Waals surface area contributed by atoms with Crippen LogP contribution in [-0.4, -0.2) is 26.5 Å². The highest BCUT2D eigenvalue weighted by Crippen LogP contribution is 2.28. The number of nitrogens with zero attached hydrogens (tertiary/aromatic N) is 4. The van der Waals surface area contributed by atoms with Crippen LogP contribution in [0.3, 0.4) is 0 Å². The van der Waals surface area contributed by atoms with Gasteiger partial charge in [0.15, 0.2) is 0 Å². The Morgan fingerprint density at radius 2 is 1.76 bits per heavy atom. The van der Waals surface area contributed by atoms with Crippen molar-refractivity contribution in [3.05, 3.63) is 78.5 Å². The lowest BCUT2D eigenvalue weighted by Gasteiger charge is -2.04. The van der Waals surface area contributed by atoms with Crippen molar-refractivity contribution in [1.29, 1.82) is 0 Å². The molecule has 25 heavy (non-hydrogen) atoms. The predicted molar refractivity (Wildman–Crippen MR) is 95.2 cm³/mol. The SMILES string of the molecule is COc1ccccc1-c1cn2cc(C#Cc3ccncc3)cnc2n1. The maximum Gasteiger partial charge on any atom is 0.234 e. The topological polar surface area (TPSA) is 52.3 Å². The van der Waals surface area contributed by atoms with Gasteiger partial charge in [0.05, 0.1) is 18.4 Å². The Kier molecular flexibility index (Phi) is 3.85. The minimum Gasteiger partial charge on any atom is -0.496 e. The molecule has 0 saturated carbocycles. The normalized spacial score (nSPS) is 10.3. The Morgan fingerprint density at radius 3 is 2.60 bits per heavy atom. The molecule has 4 aromatic rings. The Morgan fingerprint density at radius 1 is 0.960 bits per heavy atom. The van der Waals surface area contributed by atoms with Crippen LogP contribution in [0.1, 0.15) is 11.1 Å². The van der Waals surface area contributed by atoms with E-state index in [9.17, 15) is 0 Å². The number of ether oxygens (including phenoxy) is 1. The molecule has 0 aliphatic heterocycles. The third-order valence-electron chi connectivity index (χ3n) is 3.72. The van der Waals surface area contributed by atoms with Crippen LogP contribution in [0.2, 0.25) is 0 Å². The van der Waals surface area contributed by atoms with Gasteiger partial charge in [0, 0.05) is 42.1 Å². The molecule has 0 saturated heterocycles. The van der Waals surface area contributed by atoms with Gasteiger partial charge in [-0.3, -0.25) is 9.38 Å². The van der Waals surface area contributed by atoms with Crippen LogP contribution >= 0.6 is 0 Å². The predicted octanol–water partition coefficient (Wildman–Crippen LogP) is 3.20. The van der Waals surface area contributed by atoms with E-state index in [0.717, 1.165) is 28.1 Å². The lowest BCUT2D eigenvalue weighted by atomic mass is 10.1. The fourth-order valence-electron chi connectivity index (χ4n) is 2.51. The van der Waals surface area contributed by atoms with Gasteiger partial charge in [0.2, 0.25) is 5.78 Å². The van der Waals surface area contributed by atoms with Crippen LogP contribution in [0.15, 0.2) is 67.4 Å². The molecule has 0 aliphatic carbocycles. The summed E-state index contributed by atoms with van der Waals surface area (Å²) in [6, 6.07) is 11.5. The molecule has 5 nitrogen and oxygen atoms in total. The van der Waals surface area contributed by atoms with Crippen molar-refractivity contribution in [2.24, 2.45) is 0 Å². The monoisotopic (exact) mass is 326 g/mol. The average Bonchev–Trinajstić information content (AvgIpc) is 3.10. The molecule has 0 fully saturated rings. The number of hydrogen-bond donors (Lipinski definition) is 0. The summed E-state index contributed by atoms with van der Waals surface area (Å²) in [6.45, 7) is 0. The van der Waals surface area contributed by atoms with E-state index >= 15 is 0 Å². The van der Waals surface area contributed by atoms with E-state index in [-0.39, 0.29) is 0 Å².